The van der Waals surface area contributed by atoms with Crippen molar-refractivity contribution in [3.63, 3.8) is 0 Å². The Labute approximate surface area is 185 Å². The number of benzene rings is 1. The zero-order valence-electron chi connectivity index (χ0n) is 16.5. The Bertz CT molecular complexity index is 1550. The fourth-order valence-corrected chi connectivity index (χ4v) is 4.42. The number of carbonyl (C=O) groups excluding carboxylic acids is 1. The van der Waals surface area contributed by atoms with Gasteiger partial charge in [-0.3, -0.25) is 14.2 Å². The first-order valence-corrected chi connectivity index (χ1v) is 10.3. The van der Waals surface area contributed by atoms with Gasteiger partial charge in [-0.05, 0) is 18.2 Å². The van der Waals surface area contributed by atoms with Crippen LogP contribution in [0.15, 0.2) is 60.0 Å². The predicted molar refractivity (Wildman–Crippen MR) is 117 cm³/mol. The average molecular weight is 447 g/mol. The number of nitrogens with one attached hydrogen (secondary N) is 1. The van der Waals surface area contributed by atoms with Crippen LogP contribution >= 0.6 is 11.6 Å². The third-order valence-corrected chi connectivity index (χ3v) is 5.89. The highest BCUT2D eigenvalue weighted by Crippen LogP contribution is 2.35. The first-order chi connectivity index (χ1) is 15.6. The number of para-hydroxylation sites is 1. The molecule has 1 aliphatic rings. The van der Waals surface area contributed by atoms with Gasteiger partial charge in [0.1, 0.15) is 17.4 Å². The molecule has 0 unspecified atom stereocenters. The number of aromatic amines is 1. The zero-order valence-corrected chi connectivity index (χ0v) is 17.3. The van der Waals surface area contributed by atoms with Crippen molar-refractivity contribution in [2.24, 2.45) is 0 Å². The molecule has 158 valence electrons. The minimum atomic E-state index is -0.532. The number of Topliss-reactive ketones (excluding diaryl/α,β-unsaturated/α-hetero) is 1. The Kier molecular flexibility index (Phi) is 4.08. The molecule has 0 aliphatic carbocycles. The summed E-state index contributed by atoms with van der Waals surface area (Å²) in [7, 11) is 0. The van der Waals surface area contributed by atoms with E-state index in [4.69, 9.17) is 16.7 Å². The fraction of sp³-hybridized carbons (Fsp3) is 0.143. The van der Waals surface area contributed by atoms with E-state index in [-0.39, 0.29) is 29.8 Å². The second kappa shape index (κ2) is 6.99. The lowest BCUT2D eigenvalue weighted by molar-refractivity contribution is -0.116. The summed E-state index contributed by atoms with van der Waals surface area (Å²) in [5.41, 5.74) is 1.70. The Morgan fingerprint density at radius 2 is 1.91 bits per heavy atom. The van der Waals surface area contributed by atoms with Crippen molar-refractivity contribution in [3.8, 4) is 5.69 Å². The maximum absolute atomic E-state index is 13.6. The average Bonchev–Trinajstić information content (AvgIpc) is 3.52. The molecule has 1 aromatic carbocycles. The second-order valence-corrected chi connectivity index (χ2v) is 7.88. The van der Waals surface area contributed by atoms with Crippen molar-refractivity contribution in [2.75, 3.05) is 11.4 Å². The van der Waals surface area contributed by atoms with Crippen LogP contribution in [0.3, 0.4) is 0 Å². The molecule has 10 nitrogen and oxygen atoms in total. The largest absolute Gasteiger partial charge is 0.337 e. The Balaban J connectivity index is 1.62. The molecule has 1 N–H and O–H groups in total. The lowest BCUT2D eigenvalue weighted by Crippen LogP contribution is -2.33. The number of rotatable bonds is 3. The van der Waals surface area contributed by atoms with Crippen LogP contribution in [0.1, 0.15) is 18.3 Å². The molecule has 6 rings (SSSR count). The summed E-state index contributed by atoms with van der Waals surface area (Å²) in [4.78, 5) is 43.9. The summed E-state index contributed by atoms with van der Waals surface area (Å²) in [6.07, 6.45) is 4.76. The number of H-pyrrole nitrogens is 1. The van der Waals surface area contributed by atoms with E-state index in [1.165, 1.54) is 21.7 Å². The van der Waals surface area contributed by atoms with Gasteiger partial charge in [0.05, 0.1) is 29.6 Å². The zero-order chi connectivity index (χ0) is 21.8. The van der Waals surface area contributed by atoms with Gasteiger partial charge in [-0.25, -0.2) is 19.5 Å². The summed E-state index contributed by atoms with van der Waals surface area (Å²) in [5, 5.41) is 5.03. The van der Waals surface area contributed by atoms with Gasteiger partial charge in [-0.15, -0.1) is 0 Å². The van der Waals surface area contributed by atoms with Crippen LogP contribution in [0.4, 0.5) is 5.82 Å². The van der Waals surface area contributed by atoms with Crippen molar-refractivity contribution < 1.29 is 4.79 Å². The number of ketones is 1. The van der Waals surface area contributed by atoms with Crippen molar-refractivity contribution in [3.05, 3.63) is 76.5 Å². The van der Waals surface area contributed by atoms with Gasteiger partial charge < -0.3 is 9.88 Å². The van der Waals surface area contributed by atoms with E-state index >= 15 is 0 Å². The van der Waals surface area contributed by atoms with Gasteiger partial charge in [-0.2, -0.15) is 5.10 Å². The monoisotopic (exact) mass is 446 g/mol. The van der Waals surface area contributed by atoms with Crippen molar-refractivity contribution in [2.45, 2.75) is 12.5 Å². The SMILES string of the molecule is O=C1C[C@@H](c2nn3ccc(Cl)c3c(=O)n2-c2ccccc2)N(c2ncnc3[nH]cnc23)C1. The normalized spacial score (nSPS) is 16.5. The number of imidazole rings is 1. The van der Waals surface area contributed by atoms with Gasteiger partial charge in [-0.1, -0.05) is 29.8 Å². The quantitative estimate of drug-likeness (QED) is 0.452. The molecule has 32 heavy (non-hydrogen) atoms. The molecule has 5 aromatic rings. The maximum atomic E-state index is 13.6. The van der Waals surface area contributed by atoms with E-state index in [2.05, 4.69) is 19.9 Å². The highest BCUT2D eigenvalue weighted by Gasteiger charge is 2.38. The summed E-state index contributed by atoms with van der Waals surface area (Å²) in [6.45, 7) is 0.124. The van der Waals surface area contributed by atoms with E-state index < -0.39 is 6.04 Å². The fourth-order valence-electron chi connectivity index (χ4n) is 4.20. The van der Waals surface area contributed by atoms with Gasteiger partial charge in [0.15, 0.2) is 23.1 Å². The van der Waals surface area contributed by atoms with Crippen LogP contribution in [0.5, 0.6) is 0 Å². The van der Waals surface area contributed by atoms with Crippen LogP contribution < -0.4 is 10.5 Å². The van der Waals surface area contributed by atoms with Crippen molar-refractivity contribution in [1.29, 1.82) is 0 Å². The number of hydrogen-bond donors (Lipinski definition) is 1. The van der Waals surface area contributed by atoms with Gasteiger partial charge in [0.25, 0.3) is 5.56 Å². The standard InChI is InChI=1S/C21H15ClN8O2/c22-14-6-7-29-17(14)21(32)30(12-4-2-1-3-5-12)19(27-29)15-8-13(31)9-28(15)20-16-18(24-10-23-16)25-11-26-20/h1-7,10-11,15H,8-9H2,(H,23,24,25,26)/t15-/m0/s1. The summed E-state index contributed by atoms with van der Waals surface area (Å²) < 4.78 is 2.98. The Morgan fingerprint density at radius 3 is 2.75 bits per heavy atom. The summed E-state index contributed by atoms with van der Waals surface area (Å²) >= 11 is 6.28. The van der Waals surface area contributed by atoms with Crippen molar-refractivity contribution >= 4 is 39.9 Å². The molecule has 0 saturated carbocycles. The third kappa shape index (κ3) is 2.73. The van der Waals surface area contributed by atoms with E-state index in [9.17, 15) is 9.59 Å². The van der Waals surface area contributed by atoms with Gasteiger partial charge >= 0.3 is 0 Å². The number of hydrogen-bond acceptors (Lipinski definition) is 7. The van der Waals surface area contributed by atoms with E-state index in [0.29, 0.717) is 33.5 Å². The molecular formula is C21H15ClN8O2. The molecule has 0 bridgehead atoms. The van der Waals surface area contributed by atoms with Gasteiger partial charge in [0, 0.05) is 12.6 Å². The number of carbonyl (C=O) groups is 1. The third-order valence-electron chi connectivity index (χ3n) is 5.59. The van der Waals surface area contributed by atoms with Crippen LogP contribution in [0, 0.1) is 0 Å². The van der Waals surface area contributed by atoms with E-state index in [0.717, 1.165) is 0 Å². The number of halogens is 1. The second-order valence-electron chi connectivity index (χ2n) is 7.47. The minimum absolute atomic E-state index is 0.0109. The summed E-state index contributed by atoms with van der Waals surface area (Å²) in [6, 6.07) is 10.3. The first kappa shape index (κ1) is 18.7. The molecule has 5 heterocycles. The van der Waals surface area contributed by atoms with E-state index in [1.54, 1.807) is 12.3 Å². The molecule has 4 aromatic heterocycles. The molecule has 1 atom stereocenters. The van der Waals surface area contributed by atoms with Crippen LogP contribution in [-0.2, 0) is 4.79 Å². The van der Waals surface area contributed by atoms with Crippen LogP contribution in [0.2, 0.25) is 5.02 Å². The van der Waals surface area contributed by atoms with Crippen LogP contribution in [-0.4, -0.2) is 46.4 Å². The molecule has 0 radical (unpaired) electrons. The molecular weight excluding hydrogens is 432 g/mol. The highest BCUT2D eigenvalue weighted by molar-refractivity contribution is 6.33. The molecule has 1 fully saturated rings. The van der Waals surface area contributed by atoms with Crippen LogP contribution in [0.25, 0.3) is 22.4 Å². The Morgan fingerprint density at radius 1 is 1.06 bits per heavy atom. The smallest absolute Gasteiger partial charge is 0.284 e. The Hall–Kier alpha value is -4.05. The molecule has 0 amide bonds. The molecule has 1 saturated heterocycles. The maximum Gasteiger partial charge on any atom is 0.284 e. The lowest BCUT2D eigenvalue weighted by atomic mass is 10.2. The number of nitrogens with zero attached hydrogens (tertiary/aromatic N) is 7. The lowest BCUT2D eigenvalue weighted by Gasteiger charge is -2.26. The molecule has 0 spiro atoms. The number of fused-ring (bicyclic) bond motifs is 2. The predicted octanol–water partition coefficient (Wildman–Crippen LogP) is 2.33. The number of aromatic nitrogens is 7. The first-order valence-electron chi connectivity index (χ1n) is 9.89. The summed E-state index contributed by atoms with van der Waals surface area (Å²) in [5.74, 6) is 0.928. The highest BCUT2D eigenvalue weighted by atomic mass is 35.5. The number of anilines is 1. The van der Waals surface area contributed by atoms with Crippen molar-refractivity contribution in [1.82, 2.24) is 34.1 Å². The molecule has 1 aliphatic heterocycles. The topological polar surface area (TPSA) is 114 Å². The minimum Gasteiger partial charge on any atom is -0.337 e. The van der Waals surface area contributed by atoms with E-state index in [1.807, 2.05) is 35.2 Å². The van der Waals surface area contributed by atoms with Gasteiger partial charge in [0.2, 0.25) is 0 Å². The molecule has 11 heteroatoms.